The lowest BCUT2D eigenvalue weighted by atomic mass is 10.3. The minimum Gasteiger partial charge on any atom is -0.497 e. The summed E-state index contributed by atoms with van der Waals surface area (Å²) in [6, 6.07) is 7.05. The SMILES string of the molecule is CCn1c(CC(=O)Nc2cccc(OC)c2)nnc1SCC(=O)O. The number of carbonyl (C=O) groups excluding carboxylic acids is 1. The highest BCUT2D eigenvalue weighted by Crippen LogP contribution is 2.19. The van der Waals surface area contributed by atoms with Gasteiger partial charge in [-0.15, -0.1) is 10.2 Å². The normalized spacial score (nSPS) is 10.4. The highest BCUT2D eigenvalue weighted by Gasteiger charge is 2.15. The minimum atomic E-state index is -0.928. The monoisotopic (exact) mass is 350 g/mol. The summed E-state index contributed by atoms with van der Waals surface area (Å²) in [6.45, 7) is 2.44. The molecular formula is C15H18N4O4S. The van der Waals surface area contributed by atoms with Crippen LogP contribution in [0.25, 0.3) is 0 Å². The first-order chi connectivity index (χ1) is 11.5. The summed E-state index contributed by atoms with van der Waals surface area (Å²) in [5.74, 6) is -0.125. The summed E-state index contributed by atoms with van der Waals surface area (Å²) in [5, 5.41) is 20.0. The van der Waals surface area contributed by atoms with Crippen LogP contribution in [0.1, 0.15) is 12.7 Å². The molecule has 0 saturated carbocycles. The van der Waals surface area contributed by atoms with Gasteiger partial charge < -0.3 is 19.7 Å². The molecule has 1 amide bonds. The zero-order valence-corrected chi connectivity index (χ0v) is 14.2. The number of amides is 1. The minimum absolute atomic E-state index is 0.0473. The Bertz CT molecular complexity index is 732. The number of benzene rings is 1. The molecule has 1 aromatic heterocycles. The number of nitrogens with zero attached hydrogens (tertiary/aromatic N) is 3. The first-order valence-electron chi connectivity index (χ1n) is 7.24. The van der Waals surface area contributed by atoms with Crippen molar-refractivity contribution in [2.75, 3.05) is 18.2 Å². The molecule has 2 rings (SSSR count). The van der Waals surface area contributed by atoms with Crippen LogP contribution in [-0.4, -0.2) is 44.6 Å². The Hall–Kier alpha value is -2.55. The first-order valence-corrected chi connectivity index (χ1v) is 8.22. The smallest absolute Gasteiger partial charge is 0.313 e. The number of hydrogen-bond donors (Lipinski definition) is 2. The Morgan fingerprint density at radius 2 is 2.17 bits per heavy atom. The van der Waals surface area contributed by atoms with E-state index >= 15 is 0 Å². The lowest BCUT2D eigenvalue weighted by molar-refractivity contribution is -0.133. The predicted octanol–water partition coefficient (Wildman–Crippen LogP) is 1.66. The lowest BCUT2D eigenvalue weighted by Gasteiger charge is -2.08. The summed E-state index contributed by atoms with van der Waals surface area (Å²) in [6.07, 6.45) is 0.0473. The second-order valence-electron chi connectivity index (χ2n) is 4.78. The molecule has 0 aliphatic carbocycles. The number of carboxylic acids is 1. The molecular weight excluding hydrogens is 332 g/mol. The summed E-state index contributed by atoms with van der Waals surface area (Å²) in [5.41, 5.74) is 0.627. The van der Waals surface area contributed by atoms with Crippen molar-refractivity contribution in [1.29, 1.82) is 0 Å². The Kier molecular flexibility index (Phi) is 6.19. The van der Waals surface area contributed by atoms with E-state index in [1.54, 1.807) is 35.9 Å². The molecule has 8 nitrogen and oxygen atoms in total. The summed E-state index contributed by atoms with van der Waals surface area (Å²) in [4.78, 5) is 22.9. The number of aromatic nitrogens is 3. The third kappa shape index (κ3) is 4.72. The predicted molar refractivity (Wildman–Crippen MR) is 89.4 cm³/mol. The maximum absolute atomic E-state index is 12.2. The number of ether oxygens (including phenoxy) is 1. The quantitative estimate of drug-likeness (QED) is 0.697. The van der Waals surface area contributed by atoms with E-state index in [-0.39, 0.29) is 18.1 Å². The number of carboxylic acid groups (broad SMARTS) is 1. The van der Waals surface area contributed by atoms with Gasteiger partial charge in [-0.1, -0.05) is 17.8 Å². The van der Waals surface area contributed by atoms with Gasteiger partial charge in [0.2, 0.25) is 5.91 Å². The number of methoxy groups -OCH3 is 1. The van der Waals surface area contributed by atoms with Crippen molar-refractivity contribution in [3.05, 3.63) is 30.1 Å². The third-order valence-corrected chi connectivity index (χ3v) is 4.06. The van der Waals surface area contributed by atoms with E-state index in [0.29, 0.717) is 29.0 Å². The van der Waals surface area contributed by atoms with E-state index in [1.165, 1.54) is 0 Å². The Labute approximate surface area is 143 Å². The number of nitrogens with one attached hydrogen (secondary N) is 1. The van der Waals surface area contributed by atoms with Gasteiger partial charge in [0, 0.05) is 18.3 Å². The number of anilines is 1. The maximum Gasteiger partial charge on any atom is 0.313 e. The number of aliphatic carboxylic acids is 1. The number of rotatable bonds is 8. The first kappa shape index (κ1) is 17.8. The highest BCUT2D eigenvalue weighted by molar-refractivity contribution is 7.99. The van der Waals surface area contributed by atoms with Crippen LogP contribution in [0, 0.1) is 0 Å². The highest BCUT2D eigenvalue weighted by atomic mass is 32.2. The molecule has 128 valence electrons. The maximum atomic E-state index is 12.2. The van der Waals surface area contributed by atoms with Crippen molar-refractivity contribution in [1.82, 2.24) is 14.8 Å². The van der Waals surface area contributed by atoms with Crippen molar-refractivity contribution in [3.63, 3.8) is 0 Å². The van der Waals surface area contributed by atoms with Gasteiger partial charge in [-0.3, -0.25) is 9.59 Å². The largest absolute Gasteiger partial charge is 0.497 e. The van der Waals surface area contributed by atoms with Gasteiger partial charge in [-0.2, -0.15) is 0 Å². The van der Waals surface area contributed by atoms with Gasteiger partial charge in [0.25, 0.3) is 0 Å². The van der Waals surface area contributed by atoms with E-state index in [2.05, 4.69) is 15.5 Å². The molecule has 9 heteroatoms. The molecule has 0 aliphatic heterocycles. The van der Waals surface area contributed by atoms with Crippen LogP contribution in [0.5, 0.6) is 5.75 Å². The average Bonchev–Trinajstić information content (AvgIpc) is 2.94. The molecule has 2 N–H and O–H groups in total. The molecule has 1 heterocycles. The molecule has 24 heavy (non-hydrogen) atoms. The van der Waals surface area contributed by atoms with Crippen LogP contribution >= 0.6 is 11.8 Å². The molecule has 0 saturated heterocycles. The van der Waals surface area contributed by atoms with Gasteiger partial charge >= 0.3 is 5.97 Å². The molecule has 0 spiro atoms. The van der Waals surface area contributed by atoms with E-state index in [1.807, 2.05) is 6.92 Å². The van der Waals surface area contributed by atoms with Crippen LogP contribution in [0.4, 0.5) is 5.69 Å². The van der Waals surface area contributed by atoms with Crippen LogP contribution in [0.2, 0.25) is 0 Å². The van der Waals surface area contributed by atoms with Gasteiger partial charge in [-0.25, -0.2) is 0 Å². The lowest BCUT2D eigenvalue weighted by Crippen LogP contribution is -2.17. The second kappa shape index (κ2) is 8.34. The van der Waals surface area contributed by atoms with Crippen LogP contribution < -0.4 is 10.1 Å². The standard InChI is InChI=1S/C15H18N4O4S/c1-3-19-12(17-18-15(19)24-9-14(21)22)8-13(20)16-10-5-4-6-11(7-10)23-2/h4-7H,3,8-9H2,1-2H3,(H,16,20)(H,21,22). The van der Waals surface area contributed by atoms with Gasteiger partial charge in [0.1, 0.15) is 11.6 Å². The Morgan fingerprint density at radius 3 is 2.83 bits per heavy atom. The van der Waals surface area contributed by atoms with E-state index in [0.717, 1.165) is 11.8 Å². The average molecular weight is 350 g/mol. The van der Waals surface area contributed by atoms with Gasteiger partial charge in [-0.05, 0) is 19.1 Å². The molecule has 0 unspecified atom stereocenters. The molecule has 2 aromatic rings. The molecule has 0 bridgehead atoms. The fraction of sp³-hybridized carbons (Fsp3) is 0.333. The van der Waals surface area contributed by atoms with Crippen molar-refractivity contribution in [2.24, 2.45) is 0 Å². The van der Waals surface area contributed by atoms with E-state index < -0.39 is 5.97 Å². The van der Waals surface area contributed by atoms with Gasteiger partial charge in [0.15, 0.2) is 5.16 Å². The number of carbonyl (C=O) groups is 2. The number of thioether (sulfide) groups is 1. The summed E-state index contributed by atoms with van der Waals surface area (Å²) in [7, 11) is 1.56. The van der Waals surface area contributed by atoms with Crippen molar-refractivity contribution in [3.8, 4) is 5.75 Å². The topological polar surface area (TPSA) is 106 Å². The second-order valence-corrected chi connectivity index (χ2v) is 5.72. The van der Waals surface area contributed by atoms with Crippen LogP contribution in [0.3, 0.4) is 0 Å². The molecule has 0 atom stereocenters. The summed E-state index contributed by atoms with van der Waals surface area (Å²) < 4.78 is 6.85. The Morgan fingerprint density at radius 1 is 1.38 bits per heavy atom. The van der Waals surface area contributed by atoms with Crippen molar-refractivity contribution < 1.29 is 19.4 Å². The van der Waals surface area contributed by atoms with Crippen LogP contribution in [-0.2, 0) is 22.6 Å². The fourth-order valence-electron chi connectivity index (χ4n) is 2.05. The van der Waals surface area contributed by atoms with Crippen molar-refractivity contribution in [2.45, 2.75) is 25.0 Å². The molecule has 0 aliphatic rings. The zero-order chi connectivity index (χ0) is 17.5. The van der Waals surface area contributed by atoms with Gasteiger partial charge in [0.05, 0.1) is 19.3 Å². The molecule has 1 aromatic carbocycles. The molecule has 0 radical (unpaired) electrons. The van der Waals surface area contributed by atoms with Crippen LogP contribution in [0.15, 0.2) is 29.4 Å². The molecule has 0 fully saturated rings. The Balaban J connectivity index is 2.04. The van der Waals surface area contributed by atoms with E-state index in [9.17, 15) is 9.59 Å². The van der Waals surface area contributed by atoms with E-state index in [4.69, 9.17) is 9.84 Å². The summed E-state index contributed by atoms with van der Waals surface area (Å²) >= 11 is 1.08. The fourth-order valence-corrected chi connectivity index (χ4v) is 2.79. The third-order valence-electron chi connectivity index (χ3n) is 3.11. The number of hydrogen-bond acceptors (Lipinski definition) is 6. The zero-order valence-electron chi connectivity index (χ0n) is 13.4. The van der Waals surface area contributed by atoms with Crippen molar-refractivity contribution >= 4 is 29.3 Å².